The molecule has 0 saturated carbocycles. The third-order valence-corrected chi connectivity index (χ3v) is 6.95. The van der Waals surface area contributed by atoms with Gasteiger partial charge in [0.15, 0.2) is 9.84 Å². The average molecular weight is 314 g/mol. The molecule has 1 aromatic carbocycles. The van der Waals surface area contributed by atoms with E-state index in [0.717, 1.165) is 23.4 Å². The quantitative estimate of drug-likeness (QED) is 0.891. The fourth-order valence-corrected chi connectivity index (χ4v) is 5.49. The van der Waals surface area contributed by atoms with Crippen molar-refractivity contribution in [2.24, 2.45) is 5.73 Å². The zero-order chi connectivity index (χ0) is 14.6. The number of benzene rings is 1. The van der Waals surface area contributed by atoms with Gasteiger partial charge in [-0.25, -0.2) is 8.42 Å². The van der Waals surface area contributed by atoms with Gasteiger partial charge in [-0.1, -0.05) is 31.2 Å². The molecule has 2 rings (SSSR count). The molecule has 1 aliphatic heterocycles. The second-order valence-electron chi connectivity index (χ2n) is 4.98. The van der Waals surface area contributed by atoms with E-state index in [4.69, 9.17) is 5.73 Å². The summed E-state index contributed by atoms with van der Waals surface area (Å²) in [6.45, 7) is 3.74. The molecule has 0 bridgehead atoms. The van der Waals surface area contributed by atoms with Crippen molar-refractivity contribution in [3.05, 3.63) is 35.4 Å². The van der Waals surface area contributed by atoms with Crippen LogP contribution in [0.15, 0.2) is 24.3 Å². The predicted molar refractivity (Wildman–Crippen MR) is 85.3 cm³/mol. The first-order valence-corrected chi connectivity index (χ1v) is 9.75. The Morgan fingerprint density at radius 2 is 2.15 bits per heavy atom. The van der Waals surface area contributed by atoms with Crippen LogP contribution in [-0.4, -0.2) is 42.5 Å². The number of thioether (sulfide) groups is 1. The Kier molecular flexibility index (Phi) is 5.49. The fourth-order valence-electron chi connectivity index (χ4n) is 2.41. The van der Waals surface area contributed by atoms with Crippen LogP contribution in [0.1, 0.15) is 18.1 Å². The third-order valence-electron chi connectivity index (χ3n) is 3.62. The van der Waals surface area contributed by atoms with E-state index in [-0.39, 0.29) is 11.1 Å². The van der Waals surface area contributed by atoms with Crippen LogP contribution < -0.4 is 5.73 Å². The number of nitrogens with two attached hydrogens (primary N) is 1. The maximum Gasteiger partial charge on any atom is 0.166 e. The van der Waals surface area contributed by atoms with Crippen molar-refractivity contribution < 1.29 is 8.42 Å². The molecule has 1 aliphatic rings. The summed E-state index contributed by atoms with van der Waals surface area (Å²) in [6.07, 6.45) is 0. The highest BCUT2D eigenvalue weighted by atomic mass is 32.2. The van der Waals surface area contributed by atoms with Gasteiger partial charge < -0.3 is 5.73 Å². The highest BCUT2D eigenvalue weighted by Gasteiger charge is 2.32. The smallest absolute Gasteiger partial charge is 0.166 e. The molecular weight excluding hydrogens is 292 g/mol. The predicted octanol–water partition coefficient (Wildman–Crippen LogP) is 1.45. The lowest BCUT2D eigenvalue weighted by Gasteiger charge is -2.34. The van der Waals surface area contributed by atoms with E-state index < -0.39 is 9.84 Å². The van der Waals surface area contributed by atoms with E-state index >= 15 is 0 Å². The number of hydrogen-bond acceptors (Lipinski definition) is 5. The summed E-state index contributed by atoms with van der Waals surface area (Å²) in [5.74, 6) is 1.87. The maximum atomic E-state index is 12.2. The molecule has 0 aromatic heterocycles. The van der Waals surface area contributed by atoms with Crippen molar-refractivity contribution >= 4 is 21.6 Å². The van der Waals surface area contributed by atoms with Gasteiger partial charge in [-0.05, 0) is 11.1 Å². The molecule has 0 amide bonds. The van der Waals surface area contributed by atoms with E-state index in [1.807, 2.05) is 18.2 Å². The second kappa shape index (κ2) is 6.93. The van der Waals surface area contributed by atoms with Gasteiger partial charge >= 0.3 is 0 Å². The third kappa shape index (κ3) is 3.75. The summed E-state index contributed by atoms with van der Waals surface area (Å²) < 4.78 is 24.4. The van der Waals surface area contributed by atoms with Crippen LogP contribution in [0, 0.1) is 0 Å². The van der Waals surface area contributed by atoms with Crippen molar-refractivity contribution in [2.45, 2.75) is 25.4 Å². The van der Waals surface area contributed by atoms with Gasteiger partial charge in [-0.3, -0.25) is 4.90 Å². The summed E-state index contributed by atoms with van der Waals surface area (Å²) in [5.41, 5.74) is 7.88. The maximum absolute atomic E-state index is 12.2. The topological polar surface area (TPSA) is 63.4 Å². The molecule has 4 nitrogen and oxygen atoms in total. The lowest BCUT2D eigenvalue weighted by molar-refractivity contribution is 0.261. The summed E-state index contributed by atoms with van der Waals surface area (Å²) in [4.78, 5) is 2.09. The van der Waals surface area contributed by atoms with Crippen molar-refractivity contribution in [1.29, 1.82) is 0 Å². The molecule has 1 unspecified atom stereocenters. The molecule has 112 valence electrons. The molecule has 1 aromatic rings. The van der Waals surface area contributed by atoms with Crippen LogP contribution >= 0.6 is 11.8 Å². The van der Waals surface area contributed by atoms with Gasteiger partial charge in [0.25, 0.3) is 0 Å². The summed E-state index contributed by atoms with van der Waals surface area (Å²) >= 11 is 1.73. The van der Waals surface area contributed by atoms with E-state index in [1.165, 1.54) is 0 Å². The molecule has 2 N–H and O–H groups in total. The van der Waals surface area contributed by atoms with Crippen LogP contribution in [0.2, 0.25) is 0 Å². The van der Waals surface area contributed by atoms with E-state index in [1.54, 1.807) is 18.7 Å². The molecule has 1 fully saturated rings. The van der Waals surface area contributed by atoms with Crippen LogP contribution in [0.4, 0.5) is 0 Å². The monoisotopic (exact) mass is 314 g/mol. The van der Waals surface area contributed by atoms with Crippen molar-refractivity contribution in [2.75, 3.05) is 23.8 Å². The fraction of sp³-hybridized carbons (Fsp3) is 0.571. The number of nitrogens with zero attached hydrogens (tertiary/aromatic N) is 1. The lowest BCUT2D eigenvalue weighted by Crippen LogP contribution is -2.47. The number of hydrogen-bond donors (Lipinski definition) is 1. The Labute approximate surface area is 125 Å². The van der Waals surface area contributed by atoms with Crippen LogP contribution in [0.5, 0.6) is 0 Å². The minimum atomic E-state index is -3.03. The molecule has 1 atom stereocenters. The number of rotatable bonds is 5. The molecule has 20 heavy (non-hydrogen) atoms. The SMILES string of the molecule is CCS(=O)(=O)C1CSCCN1Cc1cccc(CN)c1. The zero-order valence-electron chi connectivity index (χ0n) is 11.8. The first-order chi connectivity index (χ1) is 9.56. The Morgan fingerprint density at radius 1 is 1.40 bits per heavy atom. The number of sulfone groups is 1. The zero-order valence-corrected chi connectivity index (χ0v) is 13.4. The Hall–Kier alpha value is -0.560. The van der Waals surface area contributed by atoms with Gasteiger partial charge in [-0.15, -0.1) is 0 Å². The van der Waals surface area contributed by atoms with Crippen LogP contribution in [-0.2, 0) is 22.9 Å². The van der Waals surface area contributed by atoms with Gasteiger partial charge in [-0.2, -0.15) is 11.8 Å². The normalized spacial score (nSPS) is 21.0. The molecular formula is C14H22N2O2S2. The largest absolute Gasteiger partial charge is 0.326 e. The standard InChI is InChI=1S/C14H22N2O2S2/c1-2-20(17,18)14-11-19-7-6-16(14)10-13-5-3-4-12(8-13)9-15/h3-5,8,14H,2,6-7,9-11,15H2,1H3. The minimum absolute atomic E-state index is 0.206. The molecule has 0 radical (unpaired) electrons. The van der Waals surface area contributed by atoms with Gasteiger partial charge in [0.1, 0.15) is 5.37 Å². The van der Waals surface area contributed by atoms with Gasteiger partial charge in [0.05, 0.1) is 0 Å². The Morgan fingerprint density at radius 3 is 2.85 bits per heavy atom. The van der Waals surface area contributed by atoms with E-state index in [2.05, 4.69) is 11.0 Å². The Balaban J connectivity index is 2.16. The van der Waals surface area contributed by atoms with Gasteiger partial charge in [0, 0.05) is 36.9 Å². The second-order valence-corrected chi connectivity index (χ2v) is 8.57. The molecule has 1 saturated heterocycles. The van der Waals surface area contributed by atoms with Crippen molar-refractivity contribution in [3.8, 4) is 0 Å². The van der Waals surface area contributed by atoms with Crippen molar-refractivity contribution in [1.82, 2.24) is 4.90 Å². The molecule has 0 aliphatic carbocycles. The summed E-state index contributed by atoms with van der Waals surface area (Å²) in [6, 6.07) is 8.09. The molecule has 0 spiro atoms. The molecule has 1 heterocycles. The van der Waals surface area contributed by atoms with Crippen LogP contribution in [0.25, 0.3) is 0 Å². The van der Waals surface area contributed by atoms with Gasteiger partial charge in [0.2, 0.25) is 0 Å². The highest BCUT2D eigenvalue weighted by molar-refractivity contribution is 8.01. The minimum Gasteiger partial charge on any atom is -0.326 e. The molecule has 6 heteroatoms. The lowest BCUT2D eigenvalue weighted by atomic mass is 10.1. The highest BCUT2D eigenvalue weighted by Crippen LogP contribution is 2.23. The summed E-state index contributed by atoms with van der Waals surface area (Å²) in [7, 11) is -3.03. The summed E-state index contributed by atoms with van der Waals surface area (Å²) in [5, 5.41) is -0.354. The van der Waals surface area contributed by atoms with E-state index in [9.17, 15) is 8.42 Å². The van der Waals surface area contributed by atoms with Crippen LogP contribution in [0.3, 0.4) is 0 Å². The Bertz CT molecular complexity index is 546. The average Bonchev–Trinajstić information content (AvgIpc) is 2.48. The van der Waals surface area contributed by atoms with E-state index in [0.29, 0.717) is 18.8 Å². The first-order valence-electron chi connectivity index (χ1n) is 6.88. The first kappa shape index (κ1) is 15.8. The van der Waals surface area contributed by atoms with Crippen molar-refractivity contribution in [3.63, 3.8) is 0 Å².